The van der Waals surface area contributed by atoms with Gasteiger partial charge in [0.15, 0.2) is 0 Å². The number of hydrogen-bond acceptors (Lipinski definition) is 5. The van der Waals surface area contributed by atoms with E-state index in [1.165, 1.54) is 31.6 Å². The second kappa shape index (κ2) is 6.89. The molecule has 1 amide bonds. The lowest BCUT2D eigenvalue weighted by Crippen LogP contribution is -2.28. The first-order valence-corrected chi connectivity index (χ1v) is 9.43. The van der Waals surface area contributed by atoms with Gasteiger partial charge in [-0.25, -0.2) is 13.1 Å². The molecule has 1 saturated carbocycles. The molecule has 0 saturated heterocycles. The topological polar surface area (TPSA) is 97.6 Å². The Morgan fingerprint density at radius 1 is 1.32 bits per heavy atom. The summed E-state index contributed by atoms with van der Waals surface area (Å²) in [5.74, 6) is 0.420. The van der Waals surface area contributed by atoms with Crippen LogP contribution in [0.1, 0.15) is 41.9 Å². The van der Waals surface area contributed by atoms with Gasteiger partial charge in [0.05, 0.1) is 19.4 Å². The molecular formula is C17H20N2O5S. The molecule has 3 rings (SSSR count). The number of furan rings is 1. The van der Waals surface area contributed by atoms with Gasteiger partial charge < -0.3 is 14.5 Å². The zero-order chi connectivity index (χ0) is 18.0. The zero-order valence-corrected chi connectivity index (χ0v) is 14.8. The summed E-state index contributed by atoms with van der Waals surface area (Å²) in [6.45, 7) is 1.78. The van der Waals surface area contributed by atoms with Crippen molar-refractivity contribution < 1.29 is 22.4 Å². The third kappa shape index (κ3) is 4.02. The monoisotopic (exact) mass is 364 g/mol. The molecule has 1 aromatic carbocycles. The van der Waals surface area contributed by atoms with Crippen molar-refractivity contribution >= 4 is 15.9 Å². The third-order valence-electron chi connectivity index (χ3n) is 3.93. The smallest absolute Gasteiger partial charge is 0.251 e. The molecule has 2 aromatic rings. The lowest BCUT2D eigenvalue weighted by molar-refractivity contribution is 0.0935. The van der Waals surface area contributed by atoms with Crippen molar-refractivity contribution in [3.8, 4) is 5.75 Å². The zero-order valence-electron chi connectivity index (χ0n) is 14.0. The number of hydrogen-bond donors (Lipinski definition) is 2. The van der Waals surface area contributed by atoms with E-state index < -0.39 is 15.9 Å². The fraction of sp³-hybridized carbons (Fsp3) is 0.353. The summed E-state index contributed by atoms with van der Waals surface area (Å²) in [6, 6.07) is 7.45. The van der Waals surface area contributed by atoms with Gasteiger partial charge in [0.2, 0.25) is 10.0 Å². The predicted molar refractivity (Wildman–Crippen MR) is 90.9 cm³/mol. The van der Waals surface area contributed by atoms with Gasteiger partial charge >= 0.3 is 0 Å². The molecule has 1 aliphatic carbocycles. The van der Waals surface area contributed by atoms with E-state index in [1.54, 1.807) is 19.1 Å². The number of amides is 1. The first kappa shape index (κ1) is 17.5. The van der Waals surface area contributed by atoms with Crippen LogP contribution in [0.25, 0.3) is 0 Å². The van der Waals surface area contributed by atoms with E-state index >= 15 is 0 Å². The van der Waals surface area contributed by atoms with Crippen LogP contribution in [0.15, 0.2) is 45.9 Å². The summed E-state index contributed by atoms with van der Waals surface area (Å²) in [5.41, 5.74) is 0.232. The van der Waals surface area contributed by atoms with Crippen LogP contribution in [-0.4, -0.2) is 27.5 Å². The number of methoxy groups -OCH3 is 1. The van der Waals surface area contributed by atoms with E-state index in [0.29, 0.717) is 5.76 Å². The SMILES string of the molecule is COc1ccc(C(=O)NC(C)c2ccco2)cc1S(=O)(=O)NC1CC1. The van der Waals surface area contributed by atoms with Crippen LogP contribution in [0.4, 0.5) is 0 Å². The van der Waals surface area contributed by atoms with E-state index in [2.05, 4.69) is 10.0 Å². The molecule has 8 heteroatoms. The average Bonchev–Trinajstić information content (AvgIpc) is 3.21. The molecule has 1 aliphatic rings. The molecule has 1 heterocycles. The predicted octanol–water partition coefficient (Wildman–Crippen LogP) is 2.22. The molecule has 0 aliphatic heterocycles. The Morgan fingerprint density at radius 3 is 2.68 bits per heavy atom. The Morgan fingerprint density at radius 2 is 2.08 bits per heavy atom. The fourth-order valence-electron chi connectivity index (χ4n) is 2.40. The maximum atomic E-state index is 12.5. The summed E-state index contributed by atoms with van der Waals surface area (Å²) in [4.78, 5) is 12.4. The molecule has 134 valence electrons. The number of carbonyl (C=O) groups is 1. The molecule has 0 bridgehead atoms. The minimum absolute atomic E-state index is 0.0360. The Hall–Kier alpha value is -2.32. The van der Waals surface area contributed by atoms with Gasteiger partial charge in [-0.2, -0.15) is 0 Å². The number of carbonyl (C=O) groups excluding carboxylic acids is 1. The van der Waals surface area contributed by atoms with Crippen LogP contribution >= 0.6 is 0 Å². The van der Waals surface area contributed by atoms with Crippen LogP contribution < -0.4 is 14.8 Å². The van der Waals surface area contributed by atoms with Crippen molar-refractivity contribution in [2.75, 3.05) is 7.11 Å². The second-order valence-corrected chi connectivity index (χ2v) is 7.65. The van der Waals surface area contributed by atoms with Crippen LogP contribution in [-0.2, 0) is 10.0 Å². The highest BCUT2D eigenvalue weighted by Crippen LogP contribution is 2.28. The molecule has 7 nitrogen and oxygen atoms in total. The maximum Gasteiger partial charge on any atom is 0.251 e. The van der Waals surface area contributed by atoms with Gasteiger partial charge in [0.25, 0.3) is 5.91 Å². The standard InChI is InChI=1S/C17H20N2O5S/c1-11(14-4-3-9-24-14)18-17(20)12-5-8-15(23-2)16(10-12)25(21,22)19-13-6-7-13/h3-5,8-11,13,19H,6-7H2,1-2H3,(H,18,20). The largest absolute Gasteiger partial charge is 0.495 e. The molecular weight excluding hydrogens is 344 g/mol. The molecule has 2 N–H and O–H groups in total. The van der Waals surface area contributed by atoms with Crippen LogP contribution in [0.3, 0.4) is 0 Å². The van der Waals surface area contributed by atoms with Crippen molar-refractivity contribution in [2.24, 2.45) is 0 Å². The highest BCUT2D eigenvalue weighted by molar-refractivity contribution is 7.89. The number of benzene rings is 1. The summed E-state index contributed by atoms with van der Waals surface area (Å²) in [5, 5.41) is 2.78. The van der Waals surface area contributed by atoms with Crippen molar-refractivity contribution in [3.05, 3.63) is 47.9 Å². The first-order chi connectivity index (χ1) is 11.9. The Labute approximate surface area is 146 Å². The van der Waals surface area contributed by atoms with Gasteiger partial charge in [-0.1, -0.05) is 0 Å². The van der Waals surface area contributed by atoms with Gasteiger partial charge in [-0.3, -0.25) is 4.79 Å². The third-order valence-corrected chi connectivity index (χ3v) is 5.47. The van der Waals surface area contributed by atoms with Crippen molar-refractivity contribution in [1.82, 2.24) is 10.0 Å². The quantitative estimate of drug-likeness (QED) is 0.785. The van der Waals surface area contributed by atoms with Crippen LogP contribution in [0.2, 0.25) is 0 Å². The summed E-state index contributed by atoms with van der Waals surface area (Å²) < 4.78 is 38.0. The number of rotatable bonds is 7. The molecule has 25 heavy (non-hydrogen) atoms. The number of sulfonamides is 1. The van der Waals surface area contributed by atoms with E-state index in [4.69, 9.17) is 9.15 Å². The van der Waals surface area contributed by atoms with Gasteiger partial charge in [-0.05, 0) is 50.1 Å². The average molecular weight is 364 g/mol. The first-order valence-electron chi connectivity index (χ1n) is 7.95. The van der Waals surface area contributed by atoms with Gasteiger partial charge in [0.1, 0.15) is 16.4 Å². The lowest BCUT2D eigenvalue weighted by atomic mass is 10.1. The molecule has 0 spiro atoms. The summed E-state index contributed by atoms with van der Waals surface area (Å²) >= 11 is 0. The number of nitrogens with one attached hydrogen (secondary N) is 2. The fourth-order valence-corrected chi connectivity index (χ4v) is 3.90. The van der Waals surface area contributed by atoms with Gasteiger partial charge in [-0.15, -0.1) is 0 Å². The highest BCUT2D eigenvalue weighted by Gasteiger charge is 2.30. The van der Waals surface area contributed by atoms with Crippen LogP contribution in [0, 0.1) is 0 Å². The molecule has 1 fully saturated rings. The molecule has 1 aromatic heterocycles. The van der Waals surface area contributed by atoms with E-state index in [9.17, 15) is 13.2 Å². The summed E-state index contributed by atoms with van der Waals surface area (Å²) in [7, 11) is -2.35. The Balaban J connectivity index is 1.84. The summed E-state index contributed by atoms with van der Waals surface area (Å²) in [6.07, 6.45) is 3.17. The van der Waals surface area contributed by atoms with E-state index in [1.807, 2.05) is 0 Å². The normalized spacial score (nSPS) is 15.6. The van der Waals surface area contributed by atoms with Crippen molar-refractivity contribution in [1.29, 1.82) is 0 Å². The molecule has 0 radical (unpaired) electrons. The van der Waals surface area contributed by atoms with E-state index in [0.717, 1.165) is 12.8 Å². The van der Waals surface area contributed by atoms with Gasteiger partial charge in [0, 0.05) is 11.6 Å². The number of ether oxygens (including phenoxy) is 1. The minimum Gasteiger partial charge on any atom is -0.495 e. The van der Waals surface area contributed by atoms with E-state index in [-0.39, 0.29) is 28.3 Å². The minimum atomic E-state index is -3.74. The molecule has 1 atom stereocenters. The second-order valence-electron chi connectivity index (χ2n) is 5.97. The van der Waals surface area contributed by atoms with Crippen molar-refractivity contribution in [2.45, 2.75) is 36.7 Å². The lowest BCUT2D eigenvalue weighted by Gasteiger charge is -2.14. The Bertz CT molecular complexity index is 857. The molecule has 1 unspecified atom stereocenters. The van der Waals surface area contributed by atoms with Crippen molar-refractivity contribution in [3.63, 3.8) is 0 Å². The maximum absolute atomic E-state index is 12.5. The van der Waals surface area contributed by atoms with Crippen LogP contribution in [0.5, 0.6) is 5.75 Å². The Kier molecular flexibility index (Phi) is 4.82. The highest BCUT2D eigenvalue weighted by atomic mass is 32.2.